The molecule has 3 fully saturated rings. The Balaban J connectivity index is 1.09. The molecule has 35 heavy (non-hydrogen) atoms. The fourth-order valence-electron chi connectivity index (χ4n) is 7.82. The number of aryl methyl sites for hydroxylation is 1. The van der Waals surface area contributed by atoms with Gasteiger partial charge in [0.05, 0.1) is 6.07 Å². The smallest absolute Gasteiger partial charge is 0.0655 e. The third kappa shape index (κ3) is 8.37. The van der Waals surface area contributed by atoms with Crippen molar-refractivity contribution in [1.29, 1.82) is 5.26 Å². The summed E-state index contributed by atoms with van der Waals surface area (Å²) in [6.07, 6.45) is 28.1. The fraction of sp³-hybridized carbons (Fsp3) is 0.794. The quantitative estimate of drug-likeness (QED) is 0.292. The molecule has 3 saturated carbocycles. The van der Waals surface area contributed by atoms with Gasteiger partial charge in [0.2, 0.25) is 0 Å². The van der Waals surface area contributed by atoms with Crippen LogP contribution in [0.15, 0.2) is 24.3 Å². The number of hydrogen-bond donors (Lipinski definition) is 0. The van der Waals surface area contributed by atoms with Crippen molar-refractivity contribution in [2.45, 2.75) is 141 Å². The molecule has 3 aliphatic rings. The second-order valence-corrected chi connectivity index (χ2v) is 12.7. The van der Waals surface area contributed by atoms with E-state index in [4.69, 9.17) is 5.26 Å². The van der Waals surface area contributed by atoms with Gasteiger partial charge in [-0.2, -0.15) is 5.26 Å². The van der Waals surface area contributed by atoms with Gasteiger partial charge in [0.25, 0.3) is 0 Å². The zero-order valence-electron chi connectivity index (χ0n) is 22.9. The lowest BCUT2D eigenvalue weighted by Crippen LogP contribution is -2.26. The Morgan fingerprint density at radius 2 is 1.23 bits per heavy atom. The second kappa shape index (κ2) is 14.4. The van der Waals surface area contributed by atoms with Crippen LogP contribution >= 0.6 is 0 Å². The van der Waals surface area contributed by atoms with Gasteiger partial charge >= 0.3 is 0 Å². The van der Waals surface area contributed by atoms with Crippen molar-refractivity contribution < 1.29 is 0 Å². The lowest BCUT2D eigenvalue weighted by molar-refractivity contribution is 0.140. The maximum atomic E-state index is 9.14. The van der Waals surface area contributed by atoms with Crippen LogP contribution < -0.4 is 0 Å². The van der Waals surface area contributed by atoms with E-state index >= 15 is 0 Å². The minimum absolute atomic E-state index is 0.306. The second-order valence-electron chi connectivity index (χ2n) is 12.7. The van der Waals surface area contributed by atoms with Crippen LogP contribution in [0.25, 0.3) is 0 Å². The van der Waals surface area contributed by atoms with Crippen LogP contribution in [-0.4, -0.2) is 0 Å². The molecule has 1 heteroatoms. The normalized spacial score (nSPS) is 31.7. The molecule has 0 heterocycles. The van der Waals surface area contributed by atoms with E-state index in [1.165, 1.54) is 114 Å². The molecule has 1 aromatic rings. The van der Waals surface area contributed by atoms with Crippen LogP contribution in [0, 0.1) is 40.9 Å². The lowest BCUT2D eigenvalue weighted by atomic mass is 9.68. The van der Waals surface area contributed by atoms with E-state index in [1.807, 2.05) is 0 Å². The molecule has 0 N–H and O–H groups in total. The first-order valence-electron chi connectivity index (χ1n) is 15.7. The van der Waals surface area contributed by atoms with E-state index in [2.05, 4.69) is 37.3 Å². The van der Waals surface area contributed by atoms with Crippen molar-refractivity contribution in [3.05, 3.63) is 35.4 Å². The van der Waals surface area contributed by atoms with E-state index in [0.29, 0.717) is 11.8 Å². The molecule has 0 unspecified atom stereocenters. The van der Waals surface area contributed by atoms with Gasteiger partial charge in [-0.3, -0.25) is 0 Å². The van der Waals surface area contributed by atoms with Crippen LogP contribution in [0.3, 0.4) is 0 Å². The summed E-state index contributed by atoms with van der Waals surface area (Å²) in [6, 6.07) is 12.1. The average Bonchev–Trinajstić information content (AvgIpc) is 2.93. The third-order valence-electron chi connectivity index (χ3n) is 10.4. The summed E-state index contributed by atoms with van der Waals surface area (Å²) in [4.78, 5) is 0. The Morgan fingerprint density at radius 1 is 0.657 bits per heavy atom. The van der Waals surface area contributed by atoms with Crippen LogP contribution in [-0.2, 0) is 6.42 Å². The van der Waals surface area contributed by atoms with Crippen molar-refractivity contribution >= 4 is 0 Å². The zero-order valence-corrected chi connectivity index (χ0v) is 22.9. The summed E-state index contributed by atoms with van der Waals surface area (Å²) in [7, 11) is 0. The standard InChI is InChI=1S/C34H53N/c1-2-3-4-5-6-7-27-10-18-31(19-11-27)32-20-12-28(13-21-32)8-9-29-14-22-33(23-15-29)34-24-16-30(26-35)17-25-34/h14-15,22-23,27-28,30-32,34H,2-13,16-21,24-25H2,1H3. The molecule has 0 amide bonds. The molecule has 0 radical (unpaired) electrons. The molecule has 194 valence electrons. The van der Waals surface area contributed by atoms with E-state index in [1.54, 1.807) is 12.8 Å². The SMILES string of the molecule is CCCCCCCC1CCC(C2CCC(CCc3ccc(C4CCC(C#N)CC4)cc3)CC2)CC1. The number of benzene rings is 1. The molecule has 0 saturated heterocycles. The average molecular weight is 476 g/mol. The largest absolute Gasteiger partial charge is 0.198 e. The van der Waals surface area contributed by atoms with Gasteiger partial charge in [0.1, 0.15) is 0 Å². The van der Waals surface area contributed by atoms with Crippen molar-refractivity contribution in [1.82, 2.24) is 0 Å². The summed E-state index contributed by atoms with van der Waals surface area (Å²) >= 11 is 0. The summed E-state index contributed by atoms with van der Waals surface area (Å²) in [5, 5.41) is 9.14. The fourth-order valence-corrected chi connectivity index (χ4v) is 7.82. The molecule has 0 aliphatic heterocycles. The van der Waals surface area contributed by atoms with E-state index in [9.17, 15) is 0 Å². The molecule has 4 rings (SSSR count). The van der Waals surface area contributed by atoms with Gasteiger partial charge in [-0.15, -0.1) is 0 Å². The van der Waals surface area contributed by atoms with Crippen molar-refractivity contribution in [3.8, 4) is 6.07 Å². The van der Waals surface area contributed by atoms with Gasteiger partial charge in [0.15, 0.2) is 0 Å². The summed E-state index contributed by atoms with van der Waals surface area (Å²) in [5.41, 5.74) is 3.05. The summed E-state index contributed by atoms with van der Waals surface area (Å²) in [6.45, 7) is 2.32. The Bertz CT molecular complexity index is 734. The number of unbranched alkanes of at least 4 members (excludes halogenated alkanes) is 4. The lowest BCUT2D eigenvalue weighted by Gasteiger charge is -2.38. The third-order valence-corrected chi connectivity index (χ3v) is 10.4. The molecule has 0 spiro atoms. The zero-order chi connectivity index (χ0) is 24.3. The maximum absolute atomic E-state index is 9.14. The van der Waals surface area contributed by atoms with Gasteiger partial charge in [-0.25, -0.2) is 0 Å². The highest BCUT2D eigenvalue weighted by Crippen LogP contribution is 2.43. The predicted octanol–water partition coefficient (Wildman–Crippen LogP) is 10.4. The Hall–Kier alpha value is -1.29. The highest BCUT2D eigenvalue weighted by atomic mass is 14.4. The maximum Gasteiger partial charge on any atom is 0.0655 e. The summed E-state index contributed by atoms with van der Waals surface area (Å²) < 4.78 is 0. The number of nitriles is 1. The summed E-state index contributed by atoms with van der Waals surface area (Å²) in [5.74, 6) is 5.12. The molecule has 1 nitrogen and oxygen atoms in total. The Kier molecular flexibility index (Phi) is 11.0. The van der Waals surface area contributed by atoms with Crippen molar-refractivity contribution in [2.24, 2.45) is 29.6 Å². The highest BCUT2D eigenvalue weighted by Gasteiger charge is 2.30. The molecule has 0 bridgehead atoms. The monoisotopic (exact) mass is 475 g/mol. The Morgan fingerprint density at radius 3 is 1.80 bits per heavy atom. The van der Waals surface area contributed by atoms with Gasteiger partial charge in [-0.1, -0.05) is 95.4 Å². The minimum Gasteiger partial charge on any atom is -0.198 e. The first-order valence-corrected chi connectivity index (χ1v) is 15.7. The first kappa shape index (κ1) is 26.8. The van der Waals surface area contributed by atoms with Gasteiger partial charge in [0, 0.05) is 5.92 Å². The minimum atomic E-state index is 0.306. The molecule has 0 atom stereocenters. The number of rotatable bonds is 11. The molecular formula is C34H53N. The molecular weight excluding hydrogens is 422 g/mol. The van der Waals surface area contributed by atoms with Crippen LogP contribution in [0.1, 0.15) is 146 Å². The van der Waals surface area contributed by atoms with Crippen molar-refractivity contribution in [3.63, 3.8) is 0 Å². The van der Waals surface area contributed by atoms with E-state index in [0.717, 1.165) is 36.5 Å². The van der Waals surface area contributed by atoms with E-state index < -0.39 is 0 Å². The topological polar surface area (TPSA) is 23.8 Å². The van der Waals surface area contributed by atoms with Crippen molar-refractivity contribution in [2.75, 3.05) is 0 Å². The van der Waals surface area contributed by atoms with Crippen LogP contribution in [0.4, 0.5) is 0 Å². The Labute approximate surface area is 217 Å². The van der Waals surface area contributed by atoms with Crippen LogP contribution in [0.5, 0.6) is 0 Å². The molecule has 1 aromatic carbocycles. The van der Waals surface area contributed by atoms with Gasteiger partial charge < -0.3 is 0 Å². The van der Waals surface area contributed by atoms with E-state index in [-0.39, 0.29) is 0 Å². The highest BCUT2D eigenvalue weighted by molar-refractivity contribution is 5.26. The number of hydrogen-bond acceptors (Lipinski definition) is 1. The van der Waals surface area contributed by atoms with Crippen LogP contribution in [0.2, 0.25) is 0 Å². The number of nitrogens with zero attached hydrogens (tertiary/aromatic N) is 1. The molecule has 0 aromatic heterocycles. The predicted molar refractivity (Wildman–Crippen MR) is 149 cm³/mol. The van der Waals surface area contributed by atoms with Gasteiger partial charge in [-0.05, 0) is 105 Å². The molecule has 3 aliphatic carbocycles. The first-order chi connectivity index (χ1) is 17.2.